The standard InChI is InChI=1S/C14H14N2O6S.K/c1-2-22-12-6-3-10(4-7-12)15-13-8-5-11(16(17)18)9-14(13)23(19,20)21;/h3-9,15H,2H2,1H3,(H,19,20,21);/q;+1/p-1. The molecule has 0 unspecified atom stereocenters. The summed E-state index contributed by atoms with van der Waals surface area (Å²) in [6, 6.07) is 9.64. The van der Waals surface area contributed by atoms with Gasteiger partial charge in [0.05, 0.1) is 22.1 Å². The molecule has 0 saturated heterocycles. The summed E-state index contributed by atoms with van der Waals surface area (Å²) >= 11 is 0. The average Bonchev–Trinajstić information content (AvgIpc) is 2.48. The summed E-state index contributed by atoms with van der Waals surface area (Å²) in [6.07, 6.45) is 0. The maximum atomic E-state index is 11.3. The largest absolute Gasteiger partial charge is 1.00 e. The number of ether oxygens (including phenoxy) is 1. The first-order valence-corrected chi connectivity index (χ1v) is 7.96. The van der Waals surface area contributed by atoms with Crippen molar-refractivity contribution in [2.24, 2.45) is 0 Å². The number of nitro groups is 1. The second-order valence-corrected chi connectivity index (χ2v) is 5.82. The number of rotatable bonds is 6. The van der Waals surface area contributed by atoms with Crippen molar-refractivity contribution < 1.29 is 74.0 Å². The van der Waals surface area contributed by atoms with Gasteiger partial charge in [-0.2, -0.15) is 0 Å². The van der Waals surface area contributed by atoms with E-state index in [-0.39, 0.29) is 57.1 Å². The van der Waals surface area contributed by atoms with Gasteiger partial charge in [0.25, 0.3) is 5.69 Å². The molecule has 8 nitrogen and oxygen atoms in total. The first-order valence-electron chi connectivity index (χ1n) is 6.55. The predicted octanol–water partition coefficient (Wildman–Crippen LogP) is -0.355. The number of nitro benzene ring substituents is 1. The van der Waals surface area contributed by atoms with Crippen LogP contribution in [-0.2, 0) is 10.1 Å². The molecule has 0 radical (unpaired) electrons. The van der Waals surface area contributed by atoms with E-state index in [9.17, 15) is 23.1 Å². The average molecular weight is 376 g/mol. The molecule has 24 heavy (non-hydrogen) atoms. The van der Waals surface area contributed by atoms with Crippen molar-refractivity contribution in [3.8, 4) is 5.75 Å². The van der Waals surface area contributed by atoms with Crippen LogP contribution >= 0.6 is 0 Å². The zero-order valence-electron chi connectivity index (χ0n) is 13.1. The van der Waals surface area contributed by atoms with Crippen LogP contribution in [-0.4, -0.2) is 24.5 Å². The molecule has 2 aromatic carbocycles. The van der Waals surface area contributed by atoms with Crippen LogP contribution in [0.4, 0.5) is 17.1 Å². The summed E-state index contributed by atoms with van der Waals surface area (Å²) in [5, 5.41) is 13.5. The molecule has 1 N–H and O–H groups in total. The molecule has 0 saturated carbocycles. The minimum absolute atomic E-state index is 0. The Kier molecular flexibility index (Phi) is 7.80. The van der Waals surface area contributed by atoms with Crippen LogP contribution in [0, 0.1) is 10.1 Å². The quantitative estimate of drug-likeness (QED) is 0.316. The van der Waals surface area contributed by atoms with Gasteiger partial charge < -0.3 is 14.6 Å². The number of nitrogens with one attached hydrogen (secondary N) is 1. The van der Waals surface area contributed by atoms with E-state index >= 15 is 0 Å². The summed E-state index contributed by atoms with van der Waals surface area (Å²) in [6.45, 7) is 2.35. The third-order valence-electron chi connectivity index (χ3n) is 2.89. The van der Waals surface area contributed by atoms with Crippen molar-refractivity contribution >= 4 is 27.2 Å². The Balaban J connectivity index is 0.00000288. The topological polar surface area (TPSA) is 122 Å². The number of non-ortho nitro benzene ring substituents is 1. The molecule has 0 aliphatic rings. The molecule has 0 aliphatic heterocycles. The number of nitrogens with zero attached hydrogens (tertiary/aromatic N) is 1. The van der Waals surface area contributed by atoms with Gasteiger partial charge in [-0.1, -0.05) is 0 Å². The Morgan fingerprint density at radius 3 is 2.29 bits per heavy atom. The van der Waals surface area contributed by atoms with Crippen LogP contribution in [0.5, 0.6) is 5.75 Å². The van der Waals surface area contributed by atoms with Crippen LogP contribution < -0.4 is 61.4 Å². The molecule has 2 rings (SSSR count). The van der Waals surface area contributed by atoms with Crippen molar-refractivity contribution in [2.75, 3.05) is 11.9 Å². The maximum absolute atomic E-state index is 11.3. The van der Waals surface area contributed by atoms with Crippen LogP contribution in [0.25, 0.3) is 0 Å². The molecule has 0 aliphatic carbocycles. The van der Waals surface area contributed by atoms with Crippen LogP contribution in [0.3, 0.4) is 0 Å². The van der Waals surface area contributed by atoms with E-state index in [4.69, 9.17) is 4.74 Å². The number of hydrogen-bond donors (Lipinski definition) is 1. The Morgan fingerprint density at radius 1 is 1.17 bits per heavy atom. The molecule has 0 aromatic heterocycles. The monoisotopic (exact) mass is 376 g/mol. The normalized spacial score (nSPS) is 10.6. The molecule has 0 atom stereocenters. The fourth-order valence-electron chi connectivity index (χ4n) is 1.89. The van der Waals surface area contributed by atoms with Gasteiger partial charge >= 0.3 is 51.4 Å². The van der Waals surface area contributed by atoms with Crippen molar-refractivity contribution in [1.82, 2.24) is 0 Å². The predicted molar refractivity (Wildman–Crippen MR) is 82.0 cm³/mol. The first kappa shape index (κ1) is 21.0. The zero-order valence-corrected chi connectivity index (χ0v) is 17.0. The van der Waals surface area contributed by atoms with E-state index in [0.29, 0.717) is 18.0 Å². The minimum Gasteiger partial charge on any atom is -0.744 e. The van der Waals surface area contributed by atoms with Crippen LogP contribution in [0.1, 0.15) is 6.92 Å². The van der Waals surface area contributed by atoms with Gasteiger partial charge in [-0.25, -0.2) is 8.42 Å². The third kappa shape index (κ3) is 5.52. The van der Waals surface area contributed by atoms with E-state index < -0.39 is 25.6 Å². The number of benzene rings is 2. The Bertz CT molecular complexity index is 824. The number of hydrogen-bond acceptors (Lipinski definition) is 7. The van der Waals surface area contributed by atoms with Gasteiger partial charge in [-0.3, -0.25) is 10.1 Å². The second-order valence-electron chi connectivity index (χ2n) is 4.47. The summed E-state index contributed by atoms with van der Waals surface area (Å²) in [5.74, 6) is 0.637. The van der Waals surface area contributed by atoms with Crippen LogP contribution in [0.2, 0.25) is 0 Å². The van der Waals surface area contributed by atoms with Gasteiger partial charge in [-0.05, 0) is 37.3 Å². The Labute approximate surface area is 181 Å². The van der Waals surface area contributed by atoms with E-state index in [1.165, 1.54) is 6.07 Å². The van der Waals surface area contributed by atoms with Crippen molar-refractivity contribution in [3.05, 3.63) is 52.6 Å². The SMILES string of the molecule is CCOc1ccc(Nc2ccc([N+](=O)[O-])cc2S(=O)(=O)[O-])cc1.[K+]. The molecule has 2 aromatic rings. The van der Waals surface area contributed by atoms with E-state index in [0.717, 1.165) is 12.1 Å². The summed E-state index contributed by atoms with van der Waals surface area (Å²) in [5.41, 5.74) is -0.00126. The van der Waals surface area contributed by atoms with Gasteiger partial charge in [0, 0.05) is 17.8 Å². The summed E-state index contributed by atoms with van der Waals surface area (Å²) in [7, 11) is -4.87. The van der Waals surface area contributed by atoms with Crippen molar-refractivity contribution in [3.63, 3.8) is 0 Å². The zero-order chi connectivity index (χ0) is 17.0. The molecule has 0 spiro atoms. The Morgan fingerprint density at radius 2 is 1.79 bits per heavy atom. The fraction of sp³-hybridized carbons (Fsp3) is 0.143. The molecule has 0 bridgehead atoms. The molecular formula is C14H13KN2O6S. The fourth-order valence-corrected chi connectivity index (χ4v) is 2.54. The first-order chi connectivity index (χ1) is 10.8. The van der Waals surface area contributed by atoms with Gasteiger partial charge in [0.1, 0.15) is 15.9 Å². The number of anilines is 2. The molecular weight excluding hydrogens is 363 g/mol. The van der Waals surface area contributed by atoms with E-state index in [1.807, 2.05) is 6.92 Å². The van der Waals surface area contributed by atoms with Gasteiger partial charge in [0.15, 0.2) is 0 Å². The summed E-state index contributed by atoms with van der Waals surface area (Å²) in [4.78, 5) is 9.27. The molecule has 0 amide bonds. The molecule has 122 valence electrons. The van der Waals surface area contributed by atoms with Crippen molar-refractivity contribution in [2.45, 2.75) is 11.8 Å². The van der Waals surface area contributed by atoms with Crippen molar-refractivity contribution in [1.29, 1.82) is 0 Å². The smallest absolute Gasteiger partial charge is 0.744 e. The second kappa shape index (κ2) is 8.90. The van der Waals surface area contributed by atoms with Crippen LogP contribution in [0.15, 0.2) is 47.4 Å². The Hall–Kier alpha value is -1.01. The molecule has 10 heteroatoms. The summed E-state index contributed by atoms with van der Waals surface area (Å²) < 4.78 is 39.2. The maximum Gasteiger partial charge on any atom is 1.00 e. The third-order valence-corrected chi connectivity index (χ3v) is 3.77. The van der Waals surface area contributed by atoms with Gasteiger partial charge in [-0.15, -0.1) is 0 Å². The van der Waals surface area contributed by atoms with E-state index in [2.05, 4.69) is 5.32 Å². The molecule has 0 fully saturated rings. The van der Waals surface area contributed by atoms with E-state index in [1.54, 1.807) is 24.3 Å². The molecule has 0 heterocycles. The van der Waals surface area contributed by atoms with Gasteiger partial charge in [0.2, 0.25) is 0 Å². The minimum atomic E-state index is -4.87.